The first kappa shape index (κ1) is 23.5. The van der Waals surface area contributed by atoms with Gasteiger partial charge in [-0.2, -0.15) is 0 Å². The number of benzene rings is 5. The molecule has 1 aliphatic heterocycles. The fourth-order valence-corrected chi connectivity index (χ4v) is 10.4. The van der Waals surface area contributed by atoms with Gasteiger partial charge in [-0.25, -0.2) is 0 Å². The van der Waals surface area contributed by atoms with Crippen LogP contribution < -0.4 is 15.9 Å². The van der Waals surface area contributed by atoms with Gasteiger partial charge in [-0.05, 0) is 72.3 Å². The normalized spacial score (nSPS) is 14.1. The zero-order valence-electron chi connectivity index (χ0n) is 19.2. The van der Waals surface area contributed by atoms with E-state index < -0.39 is 7.26 Å². The molecule has 174 valence electrons. The Kier molecular flexibility index (Phi) is 6.24. The minimum Gasteiger partial charge on any atom is -0.0843 e. The van der Waals surface area contributed by atoms with Crippen LogP contribution in [0.3, 0.4) is 0 Å². The maximum atomic E-state index is 6.65. The van der Waals surface area contributed by atoms with Crippen molar-refractivity contribution in [3.05, 3.63) is 159 Å². The number of halogens is 3. The Hall–Kier alpha value is -2.86. The van der Waals surface area contributed by atoms with E-state index in [4.69, 9.17) is 34.8 Å². The monoisotopic (exact) mass is 541 g/mol. The molecular weight excluding hydrogens is 522 g/mol. The molecule has 5 aromatic carbocycles. The Balaban J connectivity index is 1.85. The lowest BCUT2D eigenvalue weighted by atomic mass is 9.96. The molecule has 6 rings (SSSR count). The van der Waals surface area contributed by atoms with Gasteiger partial charge in [-0.3, -0.25) is 0 Å². The molecule has 0 saturated heterocycles. The molecule has 1 aliphatic rings. The Morgan fingerprint density at radius 2 is 0.917 bits per heavy atom. The summed E-state index contributed by atoms with van der Waals surface area (Å²) in [6, 6.07) is 44.4. The van der Waals surface area contributed by atoms with Crippen LogP contribution in [0.5, 0.6) is 0 Å². The standard InChI is InChI=1S/C32H21Cl3P/c33-24-11-16-27(17-12-24)36(28-18-13-25(34)14-19-28)30-20-15-26(35)21-29(30)31(22-7-3-1-4-8-22)32(36)23-9-5-2-6-10-23/h1-21H/q+1. The third kappa shape index (κ3) is 3.81. The third-order valence-electron chi connectivity index (χ3n) is 6.70. The van der Waals surface area contributed by atoms with Crippen molar-refractivity contribution in [2.75, 3.05) is 0 Å². The fraction of sp³-hybridized carbons (Fsp3) is 0. The molecule has 1 heterocycles. The molecule has 0 nitrogen and oxygen atoms in total. The zero-order chi connectivity index (χ0) is 24.7. The smallest absolute Gasteiger partial charge is 0.0843 e. The van der Waals surface area contributed by atoms with Gasteiger partial charge >= 0.3 is 0 Å². The van der Waals surface area contributed by atoms with Crippen molar-refractivity contribution < 1.29 is 0 Å². The van der Waals surface area contributed by atoms with E-state index in [0.29, 0.717) is 0 Å². The van der Waals surface area contributed by atoms with Crippen LogP contribution in [0, 0.1) is 0 Å². The Morgan fingerprint density at radius 3 is 1.44 bits per heavy atom. The molecule has 0 bridgehead atoms. The molecule has 0 N–H and O–H groups in total. The second-order valence-corrected chi connectivity index (χ2v) is 13.4. The highest BCUT2D eigenvalue weighted by Crippen LogP contribution is 2.73. The minimum atomic E-state index is -2.35. The van der Waals surface area contributed by atoms with E-state index in [1.54, 1.807) is 0 Å². The van der Waals surface area contributed by atoms with Gasteiger partial charge in [-0.1, -0.05) is 95.5 Å². The molecule has 0 unspecified atom stereocenters. The van der Waals surface area contributed by atoms with Crippen molar-refractivity contribution in [2.45, 2.75) is 0 Å². The fourth-order valence-electron chi connectivity index (χ4n) is 5.26. The van der Waals surface area contributed by atoms with Crippen molar-refractivity contribution in [1.29, 1.82) is 0 Å². The number of rotatable bonds is 4. The number of hydrogen-bond acceptors (Lipinski definition) is 0. The molecular formula is C32H21Cl3P+. The number of hydrogen-bond donors (Lipinski definition) is 0. The summed E-state index contributed by atoms with van der Waals surface area (Å²) in [7, 11) is -2.35. The molecule has 0 atom stereocenters. The van der Waals surface area contributed by atoms with Crippen LogP contribution in [-0.4, -0.2) is 0 Å². The summed E-state index contributed by atoms with van der Waals surface area (Å²) in [5.74, 6) is 0. The molecule has 0 aliphatic carbocycles. The lowest BCUT2D eigenvalue weighted by Gasteiger charge is -2.27. The predicted molar refractivity (Wildman–Crippen MR) is 159 cm³/mol. The Bertz CT molecular complexity index is 1530. The summed E-state index contributed by atoms with van der Waals surface area (Å²) in [4.78, 5) is 0. The highest BCUT2D eigenvalue weighted by atomic mass is 35.5. The summed E-state index contributed by atoms with van der Waals surface area (Å²) < 4.78 is 0. The molecule has 0 spiro atoms. The first-order valence-corrected chi connectivity index (χ1v) is 14.6. The highest BCUT2D eigenvalue weighted by Gasteiger charge is 2.57. The van der Waals surface area contributed by atoms with Gasteiger partial charge in [0.15, 0.2) is 0 Å². The van der Waals surface area contributed by atoms with E-state index in [1.807, 2.05) is 30.3 Å². The van der Waals surface area contributed by atoms with Crippen LogP contribution >= 0.6 is 42.1 Å². The van der Waals surface area contributed by atoms with Crippen LogP contribution in [0.2, 0.25) is 15.1 Å². The molecule has 0 fully saturated rings. The number of fused-ring (bicyclic) bond motifs is 1. The van der Waals surface area contributed by atoms with Crippen molar-refractivity contribution >= 4 is 68.9 Å². The van der Waals surface area contributed by atoms with Crippen LogP contribution in [0.25, 0.3) is 10.9 Å². The van der Waals surface area contributed by atoms with E-state index in [9.17, 15) is 0 Å². The first-order chi connectivity index (χ1) is 17.6. The lowest BCUT2D eigenvalue weighted by Crippen LogP contribution is -2.30. The van der Waals surface area contributed by atoms with Gasteiger partial charge in [0.1, 0.15) is 28.5 Å². The second-order valence-electron chi connectivity index (χ2n) is 8.74. The largest absolute Gasteiger partial charge is 0.146 e. The first-order valence-electron chi connectivity index (χ1n) is 11.7. The van der Waals surface area contributed by atoms with E-state index in [0.717, 1.165) is 15.1 Å². The van der Waals surface area contributed by atoms with E-state index in [1.165, 1.54) is 43.5 Å². The lowest BCUT2D eigenvalue weighted by molar-refractivity contribution is 1.58. The topological polar surface area (TPSA) is 0 Å². The van der Waals surface area contributed by atoms with E-state index in [2.05, 4.69) is 97.1 Å². The molecule has 0 amide bonds. The molecule has 5 aromatic rings. The van der Waals surface area contributed by atoms with Gasteiger partial charge < -0.3 is 0 Å². The predicted octanol–water partition coefficient (Wildman–Crippen LogP) is 8.87. The van der Waals surface area contributed by atoms with Gasteiger partial charge in [0.25, 0.3) is 0 Å². The Morgan fingerprint density at radius 1 is 0.444 bits per heavy atom. The van der Waals surface area contributed by atoms with E-state index in [-0.39, 0.29) is 0 Å². The van der Waals surface area contributed by atoms with Gasteiger partial charge in [0.2, 0.25) is 0 Å². The molecule has 36 heavy (non-hydrogen) atoms. The van der Waals surface area contributed by atoms with Crippen molar-refractivity contribution in [3.63, 3.8) is 0 Å². The quantitative estimate of drug-likeness (QED) is 0.199. The van der Waals surface area contributed by atoms with Crippen LogP contribution in [-0.2, 0) is 0 Å². The maximum Gasteiger partial charge on any atom is 0.146 e. The molecule has 0 radical (unpaired) electrons. The molecule has 0 aromatic heterocycles. The van der Waals surface area contributed by atoms with Crippen LogP contribution in [0.4, 0.5) is 0 Å². The summed E-state index contributed by atoms with van der Waals surface area (Å²) in [6.07, 6.45) is 0. The third-order valence-corrected chi connectivity index (χ3v) is 11.8. The molecule has 4 heteroatoms. The van der Waals surface area contributed by atoms with Gasteiger partial charge in [0, 0.05) is 31.8 Å². The molecule has 0 saturated carbocycles. The second kappa shape index (κ2) is 9.55. The summed E-state index contributed by atoms with van der Waals surface area (Å²) >= 11 is 19.4. The van der Waals surface area contributed by atoms with Gasteiger partial charge in [-0.15, -0.1) is 0 Å². The zero-order valence-corrected chi connectivity index (χ0v) is 22.4. The minimum absolute atomic E-state index is 0.719. The SMILES string of the molecule is Clc1ccc([P+]2(c3ccc(Cl)cc3)C(c3ccccc3)=C(c3ccccc3)c3cc(Cl)ccc32)cc1. The summed E-state index contributed by atoms with van der Waals surface area (Å²) in [6.45, 7) is 0. The van der Waals surface area contributed by atoms with Crippen LogP contribution in [0.1, 0.15) is 16.7 Å². The van der Waals surface area contributed by atoms with E-state index >= 15 is 0 Å². The average Bonchev–Trinajstić information content (AvgIpc) is 3.21. The highest BCUT2D eigenvalue weighted by molar-refractivity contribution is 8.04. The van der Waals surface area contributed by atoms with Crippen LogP contribution in [0.15, 0.2) is 127 Å². The maximum absolute atomic E-state index is 6.65. The summed E-state index contributed by atoms with van der Waals surface area (Å²) in [5, 5.41) is 7.24. The van der Waals surface area contributed by atoms with Gasteiger partial charge in [0.05, 0.1) is 0 Å². The average molecular weight is 543 g/mol. The van der Waals surface area contributed by atoms with Crippen molar-refractivity contribution in [1.82, 2.24) is 0 Å². The Labute approximate surface area is 227 Å². The summed E-state index contributed by atoms with van der Waals surface area (Å²) in [5.41, 5.74) is 4.76. The van der Waals surface area contributed by atoms with Crippen molar-refractivity contribution in [3.8, 4) is 0 Å². The van der Waals surface area contributed by atoms with Crippen molar-refractivity contribution in [2.24, 2.45) is 0 Å².